The molecule has 0 aliphatic heterocycles. The lowest BCUT2D eigenvalue weighted by Gasteiger charge is -2.31. The Labute approximate surface area is 191 Å². The van der Waals surface area contributed by atoms with Gasteiger partial charge < -0.3 is 15.0 Å². The van der Waals surface area contributed by atoms with E-state index in [9.17, 15) is 14.0 Å². The van der Waals surface area contributed by atoms with Gasteiger partial charge in [-0.1, -0.05) is 43.7 Å². The van der Waals surface area contributed by atoms with E-state index in [2.05, 4.69) is 5.32 Å². The highest BCUT2D eigenvalue weighted by molar-refractivity contribution is 5.87. The van der Waals surface area contributed by atoms with E-state index in [-0.39, 0.29) is 36.6 Å². The van der Waals surface area contributed by atoms with E-state index >= 15 is 0 Å². The van der Waals surface area contributed by atoms with Gasteiger partial charge in [-0.2, -0.15) is 0 Å². The van der Waals surface area contributed by atoms with Gasteiger partial charge in [-0.25, -0.2) is 4.39 Å². The van der Waals surface area contributed by atoms with E-state index in [0.717, 1.165) is 23.3 Å². The summed E-state index contributed by atoms with van der Waals surface area (Å²) in [4.78, 5) is 27.6. The van der Waals surface area contributed by atoms with E-state index in [0.29, 0.717) is 19.4 Å². The van der Waals surface area contributed by atoms with E-state index in [1.165, 1.54) is 12.1 Å². The van der Waals surface area contributed by atoms with Gasteiger partial charge in [0.2, 0.25) is 11.8 Å². The summed E-state index contributed by atoms with van der Waals surface area (Å²) in [5.74, 6) is 0.160. The maximum absolute atomic E-state index is 13.3. The van der Waals surface area contributed by atoms with Crippen molar-refractivity contribution in [1.82, 2.24) is 10.2 Å². The van der Waals surface area contributed by atoms with Crippen molar-refractivity contribution in [2.75, 3.05) is 6.61 Å². The van der Waals surface area contributed by atoms with Gasteiger partial charge in [-0.3, -0.25) is 9.59 Å². The van der Waals surface area contributed by atoms with Crippen LogP contribution in [0.1, 0.15) is 57.6 Å². The molecular formula is C26H35FN2O3. The summed E-state index contributed by atoms with van der Waals surface area (Å²) in [7, 11) is 0. The minimum atomic E-state index is -0.584. The molecular weight excluding hydrogens is 407 g/mol. The lowest BCUT2D eigenvalue weighted by atomic mass is 10.1. The van der Waals surface area contributed by atoms with Crippen molar-refractivity contribution in [3.63, 3.8) is 0 Å². The molecule has 0 heterocycles. The summed E-state index contributed by atoms with van der Waals surface area (Å²) < 4.78 is 19.1. The van der Waals surface area contributed by atoms with Crippen LogP contribution in [-0.2, 0) is 16.1 Å². The fraction of sp³-hybridized carbons (Fsp3) is 0.462. The van der Waals surface area contributed by atoms with Crippen LogP contribution in [0.3, 0.4) is 0 Å². The summed E-state index contributed by atoms with van der Waals surface area (Å²) in [6, 6.07) is 13.3. The first-order valence-corrected chi connectivity index (χ1v) is 11.4. The van der Waals surface area contributed by atoms with Gasteiger partial charge in [-0.05, 0) is 62.9 Å². The van der Waals surface area contributed by atoms with Gasteiger partial charge in [0.05, 0.1) is 6.61 Å². The van der Waals surface area contributed by atoms with Crippen molar-refractivity contribution in [2.24, 2.45) is 0 Å². The largest absolute Gasteiger partial charge is 0.494 e. The van der Waals surface area contributed by atoms with E-state index < -0.39 is 6.04 Å². The Balaban J connectivity index is 2.05. The summed E-state index contributed by atoms with van der Waals surface area (Å²) >= 11 is 0. The van der Waals surface area contributed by atoms with Crippen LogP contribution in [0.25, 0.3) is 0 Å². The lowest BCUT2D eigenvalue weighted by Crippen LogP contribution is -2.50. The molecule has 32 heavy (non-hydrogen) atoms. The maximum atomic E-state index is 13.3. The topological polar surface area (TPSA) is 58.6 Å². The number of hydrogen-bond acceptors (Lipinski definition) is 3. The zero-order valence-electron chi connectivity index (χ0n) is 19.6. The second kappa shape index (κ2) is 12.8. The summed E-state index contributed by atoms with van der Waals surface area (Å²) in [6.45, 7) is 8.52. The second-order valence-electron chi connectivity index (χ2n) is 8.16. The fourth-order valence-corrected chi connectivity index (χ4v) is 3.34. The van der Waals surface area contributed by atoms with E-state index in [4.69, 9.17) is 4.74 Å². The highest BCUT2D eigenvalue weighted by Crippen LogP contribution is 2.16. The average Bonchev–Trinajstić information content (AvgIpc) is 2.78. The molecule has 2 aromatic carbocycles. The molecule has 2 atom stereocenters. The van der Waals surface area contributed by atoms with Crippen LogP contribution in [0.15, 0.2) is 48.5 Å². The maximum Gasteiger partial charge on any atom is 0.243 e. The second-order valence-corrected chi connectivity index (χ2v) is 8.16. The Bertz CT molecular complexity index is 852. The van der Waals surface area contributed by atoms with Crippen LogP contribution in [0, 0.1) is 12.7 Å². The first-order chi connectivity index (χ1) is 15.3. The van der Waals surface area contributed by atoms with E-state index in [1.54, 1.807) is 17.0 Å². The molecule has 0 aliphatic carbocycles. The Morgan fingerprint density at radius 1 is 1.03 bits per heavy atom. The minimum Gasteiger partial charge on any atom is -0.494 e. The average molecular weight is 443 g/mol. The number of nitrogens with zero attached hydrogens (tertiary/aromatic N) is 1. The molecule has 0 aromatic heterocycles. The van der Waals surface area contributed by atoms with Crippen molar-refractivity contribution >= 4 is 11.8 Å². The van der Waals surface area contributed by atoms with Crippen LogP contribution in [0.4, 0.5) is 4.39 Å². The highest BCUT2D eigenvalue weighted by Gasteiger charge is 2.28. The quantitative estimate of drug-likeness (QED) is 0.470. The number of nitrogens with one attached hydrogen (secondary N) is 1. The number of hydrogen-bond donors (Lipinski definition) is 1. The molecule has 0 saturated heterocycles. The van der Waals surface area contributed by atoms with Crippen LogP contribution in [-0.4, -0.2) is 35.4 Å². The third-order valence-electron chi connectivity index (χ3n) is 5.48. The molecule has 174 valence electrons. The Kier molecular flexibility index (Phi) is 10.2. The number of rotatable bonds is 12. The molecule has 2 amide bonds. The molecule has 0 aliphatic rings. The monoisotopic (exact) mass is 442 g/mol. The smallest absolute Gasteiger partial charge is 0.243 e. The SMILES string of the molecule is CC[C@@H](C)NC(=O)[C@H](CC)N(Cc1ccc(F)cc1)C(=O)CCCOc1ccc(C)cc1. The predicted molar refractivity (Wildman–Crippen MR) is 125 cm³/mol. The van der Waals surface area contributed by atoms with Gasteiger partial charge >= 0.3 is 0 Å². The standard InChI is InChI=1S/C26H35FN2O3/c1-5-20(4)28-26(31)24(6-2)29(18-21-11-13-22(27)14-12-21)25(30)8-7-17-32-23-15-9-19(3)10-16-23/h9-16,20,24H,5-8,17-18H2,1-4H3,(H,28,31)/t20-,24+/m1/s1. The Morgan fingerprint density at radius 3 is 2.28 bits per heavy atom. The van der Waals surface area contributed by atoms with Crippen LogP contribution >= 0.6 is 0 Å². The van der Waals surface area contributed by atoms with Crippen LogP contribution < -0.4 is 10.1 Å². The van der Waals surface area contributed by atoms with E-state index in [1.807, 2.05) is 52.0 Å². The predicted octanol–water partition coefficient (Wildman–Crippen LogP) is 5.02. The molecule has 0 radical (unpaired) electrons. The first kappa shape index (κ1) is 25.4. The minimum absolute atomic E-state index is 0.0298. The number of carbonyl (C=O) groups excluding carboxylic acids is 2. The number of amides is 2. The van der Waals surface area contributed by atoms with Crippen molar-refractivity contribution in [3.05, 3.63) is 65.5 Å². The number of carbonyl (C=O) groups is 2. The number of aryl methyl sites for hydroxylation is 1. The first-order valence-electron chi connectivity index (χ1n) is 11.4. The Hall–Kier alpha value is -2.89. The molecule has 0 bridgehead atoms. The molecule has 6 heteroatoms. The third-order valence-corrected chi connectivity index (χ3v) is 5.48. The molecule has 5 nitrogen and oxygen atoms in total. The third kappa shape index (κ3) is 7.98. The zero-order chi connectivity index (χ0) is 23.5. The molecule has 0 unspecified atom stereocenters. The highest BCUT2D eigenvalue weighted by atomic mass is 19.1. The molecule has 1 N–H and O–H groups in total. The van der Waals surface area contributed by atoms with Gasteiger partial charge in [0, 0.05) is 19.0 Å². The van der Waals surface area contributed by atoms with Crippen molar-refractivity contribution < 1.29 is 18.7 Å². The summed E-state index contributed by atoms with van der Waals surface area (Å²) in [5, 5.41) is 2.99. The lowest BCUT2D eigenvalue weighted by molar-refractivity contribution is -0.141. The zero-order valence-corrected chi connectivity index (χ0v) is 19.6. The van der Waals surface area contributed by atoms with Crippen LogP contribution in [0.5, 0.6) is 5.75 Å². The van der Waals surface area contributed by atoms with Crippen molar-refractivity contribution in [1.29, 1.82) is 0 Å². The molecule has 0 spiro atoms. The summed E-state index contributed by atoms with van der Waals surface area (Å²) in [5.41, 5.74) is 1.94. The molecule has 2 aromatic rings. The summed E-state index contributed by atoms with van der Waals surface area (Å²) in [6.07, 6.45) is 2.11. The van der Waals surface area contributed by atoms with Gasteiger partial charge in [0.15, 0.2) is 0 Å². The van der Waals surface area contributed by atoms with Gasteiger partial charge in [0.25, 0.3) is 0 Å². The van der Waals surface area contributed by atoms with Gasteiger partial charge in [-0.15, -0.1) is 0 Å². The fourth-order valence-electron chi connectivity index (χ4n) is 3.34. The number of ether oxygens (including phenoxy) is 1. The normalized spacial score (nSPS) is 12.7. The number of halogens is 1. The molecule has 0 fully saturated rings. The Morgan fingerprint density at radius 2 is 1.69 bits per heavy atom. The van der Waals surface area contributed by atoms with Crippen molar-refractivity contribution in [3.8, 4) is 5.75 Å². The number of benzene rings is 2. The van der Waals surface area contributed by atoms with Crippen LogP contribution in [0.2, 0.25) is 0 Å². The van der Waals surface area contributed by atoms with Gasteiger partial charge in [0.1, 0.15) is 17.6 Å². The van der Waals surface area contributed by atoms with Crippen molar-refractivity contribution in [2.45, 2.75) is 72.0 Å². The molecule has 0 saturated carbocycles. The molecule has 2 rings (SSSR count).